The van der Waals surface area contributed by atoms with Crippen molar-refractivity contribution in [1.82, 2.24) is 4.98 Å². The van der Waals surface area contributed by atoms with Crippen LogP contribution in [0.3, 0.4) is 0 Å². The molecule has 0 aliphatic carbocycles. The van der Waals surface area contributed by atoms with Crippen molar-refractivity contribution < 1.29 is 13.6 Å². The smallest absolute Gasteiger partial charge is 0.278 e. The number of rotatable bonds is 2. The van der Waals surface area contributed by atoms with Gasteiger partial charge in [0.2, 0.25) is 0 Å². The van der Waals surface area contributed by atoms with E-state index >= 15 is 0 Å². The van der Waals surface area contributed by atoms with Gasteiger partial charge < -0.3 is 4.98 Å². The summed E-state index contributed by atoms with van der Waals surface area (Å²) in [6, 6.07) is 1.91. The van der Waals surface area contributed by atoms with Crippen LogP contribution in [-0.2, 0) is 0 Å². The van der Waals surface area contributed by atoms with Crippen LogP contribution in [-0.4, -0.2) is 10.2 Å². The minimum atomic E-state index is -2.77. The molecule has 0 aliphatic heterocycles. The van der Waals surface area contributed by atoms with Gasteiger partial charge >= 0.3 is 0 Å². The molecule has 0 fully saturated rings. The van der Waals surface area contributed by atoms with E-state index in [9.17, 15) is 18.4 Å². The quantitative estimate of drug-likeness (QED) is 0.751. The Morgan fingerprint density at radius 3 is 2.46 bits per heavy atom. The Morgan fingerprint density at radius 1 is 1.46 bits per heavy atom. The highest BCUT2D eigenvalue weighted by Crippen LogP contribution is 2.14. The summed E-state index contributed by atoms with van der Waals surface area (Å²) in [5, 5.41) is -0.970. The lowest BCUT2D eigenvalue weighted by Crippen LogP contribution is -2.16. The first-order chi connectivity index (χ1) is 6.02. The second-order valence-electron chi connectivity index (χ2n) is 2.23. The Kier molecular flexibility index (Phi) is 2.77. The number of hydrogen-bond acceptors (Lipinski definition) is 2. The lowest BCUT2D eigenvalue weighted by Gasteiger charge is -1.98. The molecule has 13 heavy (non-hydrogen) atoms. The molecule has 0 unspecified atom stereocenters. The monoisotopic (exact) mass is 207 g/mol. The molecular weight excluding hydrogens is 204 g/mol. The number of nitrogens with one attached hydrogen (secondary N) is 1. The first-order valence-electron chi connectivity index (χ1n) is 3.23. The first kappa shape index (κ1) is 9.85. The molecule has 0 radical (unpaired) electrons. The largest absolute Gasteiger partial charge is 0.320 e. The fourth-order valence-electron chi connectivity index (χ4n) is 0.771. The minimum absolute atomic E-state index is 0.342. The summed E-state index contributed by atoms with van der Waals surface area (Å²) in [7, 11) is 0. The molecule has 0 saturated carbocycles. The average molecular weight is 208 g/mol. The molecule has 1 heterocycles. The van der Waals surface area contributed by atoms with E-state index in [1.54, 1.807) is 0 Å². The number of carbonyl (C=O) groups excluding carboxylic acids is 1. The zero-order valence-corrected chi connectivity index (χ0v) is 6.94. The van der Waals surface area contributed by atoms with Gasteiger partial charge in [-0.15, -0.1) is 0 Å². The predicted molar refractivity (Wildman–Crippen MR) is 42.2 cm³/mol. The van der Waals surface area contributed by atoms with Crippen molar-refractivity contribution in [3.8, 4) is 0 Å². The normalized spacial score (nSPS) is 10.5. The molecule has 0 bridgehead atoms. The zero-order valence-electron chi connectivity index (χ0n) is 6.18. The molecule has 0 aromatic carbocycles. The van der Waals surface area contributed by atoms with Crippen LogP contribution < -0.4 is 5.56 Å². The molecule has 0 saturated heterocycles. The Hall–Kier alpha value is -1.23. The van der Waals surface area contributed by atoms with Crippen LogP contribution in [0.2, 0.25) is 0 Å². The van der Waals surface area contributed by atoms with Crippen LogP contribution in [0.25, 0.3) is 0 Å². The molecule has 70 valence electrons. The van der Waals surface area contributed by atoms with E-state index in [-0.39, 0.29) is 5.56 Å². The number of carbonyl (C=O) groups is 1. The van der Waals surface area contributed by atoms with Crippen molar-refractivity contribution in [3.63, 3.8) is 0 Å². The molecule has 0 aliphatic rings. The highest BCUT2D eigenvalue weighted by Gasteiger charge is 2.12. The summed E-state index contributed by atoms with van der Waals surface area (Å²) in [5.74, 6) is 0. The summed E-state index contributed by atoms with van der Waals surface area (Å²) in [6.45, 7) is 0. The van der Waals surface area contributed by atoms with Gasteiger partial charge in [0, 0.05) is 0 Å². The molecular formula is C7H4ClF2NO2. The van der Waals surface area contributed by atoms with Crippen LogP contribution in [0.1, 0.15) is 22.5 Å². The summed E-state index contributed by atoms with van der Waals surface area (Å²) in [5.41, 5.74) is -1.78. The second kappa shape index (κ2) is 3.66. The van der Waals surface area contributed by atoms with Gasteiger partial charge in [-0.1, -0.05) is 0 Å². The SMILES string of the molecule is O=C(Cl)c1ccc(C(F)F)[nH]c1=O. The van der Waals surface area contributed by atoms with Crippen molar-refractivity contribution in [3.05, 3.63) is 33.7 Å². The number of aromatic nitrogens is 1. The number of hydrogen-bond donors (Lipinski definition) is 1. The molecule has 0 atom stereocenters. The van der Waals surface area contributed by atoms with E-state index < -0.39 is 22.9 Å². The third-order valence-electron chi connectivity index (χ3n) is 1.38. The first-order valence-corrected chi connectivity index (χ1v) is 3.61. The number of H-pyrrole nitrogens is 1. The fourth-order valence-corrected chi connectivity index (χ4v) is 0.920. The Balaban J connectivity index is 3.21. The van der Waals surface area contributed by atoms with Crippen molar-refractivity contribution in [2.45, 2.75) is 6.43 Å². The number of pyridine rings is 1. The van der Waals surface area contributed by atoms with E-state index in [0.717, 1.165) is 12.1 Å². The van der Waals surface area contributed by atoms with E-state index in [1.165, 1.54) is 0 Å². The molecule has 3 nitrogen and oxygen atoms in total. The second-order valence-corrected chi connectivity index (χ2v) is 2.57. The van der Waals surface area contributed by atoms with Crippen molar-refractivity contribution >= 4 is 16.8 Å². The van der Waals surface area contributed by atoms with E-state index in [1.807, 2.05) is 4.98 Å². The van der Waals surface area contributed by atoms with E-state index in [0.29, 0.717) is 0 Å². The summed E-state index contributed by atoms with van der Waals surface area (Å²) in [6.07, 6.45) is -2.77. The molecule has 1 aromatic heterocycles. The molecule has 0 spiro atoms. The van der Waals surface area contributed by atoms with Gasteiger partial charge in [0.15, 0.2) is 0 Å². The Bertz CT molecular complexity index is 388. The maximum Gasteiger partial charge on any atom is 0.278 e. The molecule has 1 aromatic rings. The van der Waals surface area contributed by atoms with Gasteiger partial charge in [-0.3, -0.25) is 9.59 Å². The molecule has 6 heteroatoms. The third-order valence-corrected chi connectivity index (χ3v) is 1.58. The summed E-state index contributed by atoms with van der Waals surface area (Å²) >= 11 is 4.99. The van der Waals surface area contributed by atoms with Crippen LogP contribution >= 0.6 is 11.6 Å². The van der Waals surface area contributed by atoms with Crippen LogP contribution in [0.4, 0.5) is 8.78 Å². The van der Waals surface area contributed by atoms with Crippen molar-refractivity contribution in [2.24, 2.45) is 0 Å². The molecule has 0 amide bonds. The van der Waals surface area contributed by atoms with Crippen LogP contribution in [0, 0.1) is 0 Å². The van der Waals surface area contributed by atoms with Gasteiger partial charge in [0.05, 0.1) is 11.3 Å². The van der Waals surface area contributed by atoms with Gasteiger partial charge in [-0.2, -0.15) is 0 Å². The van der Waals surface area contributed by atoms with Gasteiger partial charge in [0.1, 0.15) is 0 Å². The maximum absolute atomic E-state index is 12.0. The molecule has 1 N–H and O–H groups in total. The van der Waals surface area contributed by atoms with Crippen molar-refractivity contribution in [2.75, 3.05) is 0 Å². The Labute approximate surface area is 76.3 Å². The third kappa shape index (κ3) is 2.12. The highest BCUT2D eigenvalue weighted by molar-refractivity contribution is 6.67. The van der Waals surface area contributed by atoms with E-state index in [4.69, 9.17) is 11.6 Å². The maximum atomic E-state index is 12.0. The van der Waals surface area contributed by atoms with Gasteiger partial charge in [-0.25, -0.2) is 8.78 Å². The lowest BCUT2D eigenvalue weighted by atomic mass is 10.2. The topological polar surface area (TPSA) is 49.9 Å². The fraction of sp³-hybridized carbons (Fsp3) is 0.143. The molecule has 1 rings (SSSR count). The highest BCUT2D eigenvalue weighted by atomic mass is 35.5. The summed E-state index contributed by atoms with van der Waals surface area (Å²) < 4.78 is 24.0. The van der Waals surface area contributed by atoms with E-state index in [2.05, 4.69) is 0 Å². The average Bonchev–Trinajstić information content (AvgIpc) is 2.03. The van der Waals surface area contributed by atoms with Gasteiger partial charge in [0.25, 0.3) is 17.2 Å². The van der Waals surface area contributed by atoms with Crippen molar-refractivity contribution in [1.29, 1.82) is 0 Å². The van der Waals surface area contributed by atoms with Gasteiger partial charge in [-0.05, 0) is 23.7 Å². The lowest BCUT2D eigenvalue weighted by molar-refractivity contribution is 0.107. The number of alkyl halides is 2. The predicted octanol–water partition coefficient (Wildman–Crippen LogP) is 1.69. The zero-order chi connectivity index (χ0) is 10.0. The standard InChI is InChI=1S/C7H4ClF2NO2/c8-5(12)3-1-2-4(6(9)10)11-7(3)13/h1-2,6H,(H,11,13). The van der Waals surface area contributed by atoms with Crippen LogP contribution in [0.15, 0.2) is 16.9 Å². The number of halogens is 3. The number of aromatic amines is 1. The van der Waals surface area contributed by atoms with Crippen LogP contribution in [0.5, 0.6) is 0 Å². The minimum Gasteiger partial charge on any atom is -0.320 e. The Morgan fingerprint density at radius 2 is 2.08 bits per heavy atom. The summed E-state index contributed by atoms with van der Waals surface area (Å²) in [4.78, 5) is 23.2.